The molecule has 0 unspecified atom stereocenters. The molecule has 2 fully saturated rings. The monoisotopic (exact) mass is 539 g/mol. The van der Waals surface area contributed by atoms with Crippen molar-refractivity contribution in [2.45, 2.75) is 26.3 Å². The van der Waals surface area contributed by atoms with Gasteiger partial charge in [0.1, 0.15) is 17.5 Å². The van der Waals surface area contributed by atoms with Crippen LogP contribution in [0.4, 0.5) is 11.4 Å². The summed E-state index contributed by atoms with van der Waals surface area (Å²) in [6.45, 7) is 10.3. The summed E-state index contributed by atoms with van der Waals surface area (Å²) >= 11 is 5.82. The van der Waals surface area contributed by atoms with E-state index >= 15 is 0 Å². The van der Waals surface area contributed by atoms with Gasteiger partial charge in [-0.15, -0.1) is 0 Å². The van der Waals surface area contributed by atoms with E-state index in [4.69, 9.17) is 21.7 Å². The van der Waals surface area contributed by atoms with E-state index in [2.05, 4.69) is 22.2 Å². The summed E-state index contributed by atoms with van der Waals surface area (Å²) in [7, 11) is 2.12. The molecule has 2 heterocycles. The van der Waals surface area contributed by atoms with Crippen LogP contribution in [-0.4, -0.2) is 97.2 Å². The molecule has 2 amide bonds. The minimum Gasteiger partial charge on any atom is -0.494 e. The lowest BCUT2D eigenvalue weighted by molar-refractivity contribution is -0.124. The van der Waals surface area contributed by atoms with Crippen molar-refractivity contribution in [2.24, 2.45) is 0 Å². The van der Waals surface area contributed by atoms with E-state index in [1.54, 1.807) is 17.0 Å². The van der Waals surface area contributed by atoms with E-state index in [1.807, 2.05) is 55.1 Å². The molecule has 38 heavy (non-hydrogen) atoms. The average Bonchev–Trinajstić information content (AvgIpc) is 3.14. The van der Waals surface area contributed by atoms with Crippen LogP contribution in [0.2, 0.25) is 0 Å². The zero-order chi connectivity index (χ0) is 27.1. The number of amides is 2. The first-order valence-corrected chi connectivity index (χ1v) is 13.6. The topological polar surface area (TPSA) is 77.6 Å². The van der Waals surface area contributed by atoms with E-state index in [-0.39, 0.29) is 18.2 Å². The van der Waals surface area contributed by atoms with Crippen molar-refractivity contribution in [2.75, 3.05) is 69.7 Å². The third-order valence-electron chi connectivity index (χ3n) is 6.81. The first kappa shape index (κ1) is 27.8. The maximum absolute atomic E-state index is 13.7. The second-order valence-corrected chi connectivity index (χ2v) is 9.81. The lowest BCUT2D eigenvalue weighted by Gasteiger charge is -2.34. The van der Waals surface area contributed by atoms with Gasteiger partial charge in [-0.1, -0.05) is 0 Å². The van der Waals surface area contributed by atoms with Gasteiger partial charge in [0.15, 0.2) is 5.11 Å². The third kappa shape index (κ3) is 6.80. The van der Waals surface area contributed by atoms with E-state index in [0.717, 1.165) is 44.2 Å². The Morgan fingerprint density at radius 2 is 1.50 bits per heavy atom. The molecule has 204 valence electrons. The Balaban J connectivity index is 1.48. The number of thiocarbonyl (C=S) groups is 1. The number of benzene rings is 2. The summed E-state index contributed by atoms with van der Waals surface area (Å²) in [5.41, 5.74) is 1.32. The Hall–Kier alpha value is -3.21. The number of ether oxygens (including phenoxy) is 2. The van der Waals surface area contributed by atoms with Gasteiger partial charge in [-0.25, -0.2) is 0 Å². The van der Waals surface area contributed by atoms with Crippen LogP contribution in [0.15, 0.2) is 48.5 Å². The van der Waals surface area contributed by atoms with Crippen LogP contribution in [0.25, 0.3) is 0 Å². The van der Waals surface area contributed by atoms with E-state index in [9.17, 15) is 9.59 Å². The van der Waals surface area contributed by atoms with Crippen LogP contribution in [0, 0.1) is 0 Å². The maximum Gasteiger partial charge on any atom is 0.256 e. The number of hydrogen-bond acceptors (Lipinski definition) is 7. The quantitative estimate of drug-likeness (QED) is 0.437. The molecule has 2 aliphatic heterocycles. The first-order chi connectivity index (χ1) is 18.4. The molecule has 1 atom stereocenters. The Morgan fingerprint density at radius 1 is 0.921 bits per heavy atom. The Bertz CT molecular complexity index is 1100. The molecular weight excluding hydrogens is 502 g/mol. The number of anilines is 2. The smallest absolute Gasteiger partial charge is 0.256 e. The molecule has 0 aliphatic carbocycles. The summed E-state index contributed by atoms with van der Waals surface area (Å²) in [6.07, 6.45) is 0.00243. The Morgan fingerprint density at radius 3 is 2.08 bits per heavy atom. The van der Waals surface area contributed by atoms with Gasteiger partial charge in [0.25, 0.3) is 5.91 Å². The van der Waals surface area contributed by atoms with Crippen molar-refractivity contribution < 1.29 is 19.1 Å². The van der Waals surface area contributed by atoms with Crippen LogP contribution < -0.4 is 19.7 Å². The molecular formula is C28H37N5O4S. The van der Waals surface area contributed by atoms with Crippen molar-refractivity contribution in [3.05, 3.63) is 48.5 Å². The summed E-state index contributed by atoms with van der Waals surface area (Å²) in [6, 6.07) is 13.8. The van der Waals surface area contributed by atoms with Crippen LogP contribution in [0.3, 0.4) is 0 Å². The number of nitrogens with one attached hydrogen (secondary N) is 1. The van der Waals surface area contributed by atoms with E-state index < -0.39 is 6.04 Å². The minimum atomic E-state index is -0.677. The van der Waals surface area contributed by atoms with Crippen LogP contribution in [0.1, 0.15) is 20.3 Å². The lowest BCUT2D eigenvalue weighted by atomic mass is 10.1. The zero-order valence-electron chi connectivity index (χ0n) is 22.4. The molecule has 2 saturated heterocycles. The van der Waals surface area contributed by atoms with E-state index in [0.29, 0.717) is 36.2 Å². The number of piperazine rings is 1. The molecule has 2 aliphatic rings. The van der Waals surface area contributed by atoms with Crippen molar-refractivity contribution in [3.63, 3.8) is 0 Å². The van der Waals surface area contributed by atoms with Gasteiger partial charge < -0.3 is 24.6 Å². The van der Waals surface area contributed by atoms with Crippen molar-refractivity contribution in [3.8, 4) is 11.5 Å². The molecule has 0 radical (unpaired) electrons. The second-order valence-electron chi connectivity index (χ2n) is 9.45. The Labute approximate surface area is 230 Å². The number of carbonyl (C=O) groups is 2. The van der Waals surface area contributed by atoms with E-state index in [1.165, 1.54) is 0 Å². The maximum atomic E-state index is 13.7. The van der Waals surface area contributed by atoms with Gasteiger partial charge in [0, 0.05) is 45.0 Å². The largest absolute Gasteiger partial charge is 0.494 e. The second kappa shape index (κ2) is 13.0. The molecule has 2 aromatic carbocycles. The first-order valence-electron chi connectivity index (χ1n) is 13.2. The molecule has 0 aromatic heterocycles. The summed E-state index contributed by atoms with van der Waals surface area (Å²) < 4.78 is 11.0. The van der Waals surface area contributed by atoms with Gasteiger partial charge in [0.2, 0.25) is 5.91 Å². The molecule has 0 saturated carbocycles. The predicted octanol–water partition coefficient (Wildman–Crippen LogP) is 3.06. The van der Waals surface area contributed by atoms with Crippen LogP contribution >= 0.6 is 12.2 Å². The Kier molecular flexibility index (Phi) is 9.54. The molecule has 9 nitrogen and oxygen atoms in total. The highest BCUT2D eigenvalue weighted by atomic mass is 32.1. The number of nitrogens with zero attached hydrogens (tertiary/aromatic N) is 4. The number of hydrogen-bond donors (Lipinski definition) is 1. The summed E-state index contributed by atoms with van der Waals surface area (Å²) in [4.78, 5) is 34.9. The third-order valence-corrected chi connectivity index (χ3v) is 7.22. The molecule has 0 spiro atoms. The molecule has 1 N–H and O–H groups in total. The fourth-order valence-electron chi connectivity index (χ4n) is 4.69. The average molecular weight is 540 g/mol. The highest BCUT2D eigenvalue weighted by Gasteiger charge is 2.44. The highest BCUT2D eigenvalue weighted by Crippen LogP contribution is 2.29. The number of carbonyl (C=O) groups excluding carboxylic acids is 2. The van der Waals surface area contributed by atoms with Crippen LogP contribution in [-0.2, 0) is 9.59 Å². The SMILES string of the molecule is CCOc1ccc(NC(=O)C[C@@H]2C(=O)N(c3ccc(OCC)cc3)C(=S)N2CCN2CCN(C)CC2)cc1. The molecule has 0 bridgehead atoms. The lowest BCUT2D eigenvalue weighted by Crippen LogP contribution is -2.48. The number of rotatable bonds is 11. The zero-order valence-corrected chi connectivity index (χ0v) is 23.2. The fourth-order valence-corrected chi connectivity index (χ4v) is 5.11. The number of likely N-dealkylation sites (N-methyl/N-ethyl adjacent to an activating group) is 1. The standard InChI is InChI=1S/C28H37N5O4S/c1-4-36-23-10-6-21(7-11-23)29-26(34)20-25-27(35)33(22-8-12-24(13-9-22)37-5-2)28(38)32(25)19-18-31-16-14-30(3)15-17-31/h6-13,25H,4-5,14-20H2,1-3H3,(H,29,34)/t25-/m1/s1. The van der Waals surface area contributed by atoms with Crippen LogP contribution in [0.5, 0.6) is 11.5 Å². The van der Waals surface area contributed by atoms with Gasteiger partial charge in [-0.2, -0.15) is 0 Å². The minimum absolute atomic E-state index is 0.00243. The van der Waals surface area contributed by atoms with Gasteiger partial charge in [0.05, 0.1) is 25.3 Å². The molecule has 2 aromatic rings. The van der Waals surface area contributed by atoms with Gasteiger partial charge >= 0.3 is 0 Å². The van der Waals surface area contributed by atoms with Crippen molar-refractivity contribution in [1.82, 2.24) is 14.7 Å². The van der Waals surface area contributed by atoms with Gasteiger partial charge in [-0.3, -0.25) is 19.4 Å². The summed E-state index contributed by atoms with van der Waals surface area (Å²) in [5.74, 6) is 1.03. The van der Waals surface area contributed by atoms with Crippen molar-refractivity contribution >= 4 is 40.5 Å². The highest BCUT2D eigenvalue weighted by molar-refractivity contribution is 7.80. The normalized spacial score (nSPS) is 18.7. The fraction of sp³-hybridized carbons (Fsp3) is 0.464. The molecule has 4 rings (SSSR count). The van der Waals surface area contributed by atoms with Crippen molar-refractivity contribution in [1.29, 1.82) is 0 Å². The summed E-state index contributed by atoms with van der Waals surface area (Å²) in [5, 5.41) is 3.34. The van der Waals surface area contributed by atoms with Gasteiger partial charge in [-0.05, 0) is 81.6 Å². The predicted molar refractivity (Wildman–Crippen MR) is 153 cm³/mol. The molecule has 10 heteroatoms.